The van der Waals surface area contributed by atoms with Crippen LogP contribution in [0.5, 0.6) is 0 Å². The molecule has 1 aromatic heterocycles. The van der Waals surface area contributed by atoms with Crippen molar-refractivity contribution in [1.82, 2.24) is 15.0 Å². The topological polar surface area (TPSA) is 87.7 Å². The molecule has 2 aromatic carbocycles. The number of hydrogen-bond donors (Lipinski definition) is 2. The van der Waals surface area contributed by atoms with Crippen molar-refractivity contribution in [2.45, 2.75) is 13.8 Å². The zero-order valence-electron chi connectivity index (χ0n) is 14.0. The van der Waals surface area contributed by atoms with Crippen LogP contribution in [0.3, 0.4) is 0 Å². The van der Waals surface area contributed by atoms with Crippen LogP contribution in [0, 0.1) is 6.92 Å². The average Bonchev–Trinajstić information content (AvgIpc) is 3.05. The summed E-state index contributed by atoms with van der Waals surface area (Å²) < 4.78 is 0. The first-order valence-corrected chi connectivity index (χ1v) is 7.76. The summed E-state index contributed by atoms with van der Waals surface area (Å²) >= 11 is 0. The molecule has 0 saturated heterocycles. The van der Waals surface area contributed by atoms with Crippen molar-refractivity contribution in [2.24, 2.45) is 10.3 Å². The van der Waals surface area contributed by atoms with Crippen molar-refractivity contribution in [2.75, 3.05) is 5.43 Å². The fraction of sp³-hybridized carbons (Fsp3) is 0.111. The molecular formula is C18H18N6O. The van der Waals surface area contributed by atoms with Gasteiger partial charge in [0.15, 0.2) is 0 Å². The van der Waals surface area contributed by atoms with Gasteiger partial charge in [0.1, 0.15) is 17.1 Å². The maximum atomic E-state index is 9.20. The van der Waals surface area contributed by atoms with Gasteiger partial charge in [0, 0.05) is 0 Å². The highest BCUT2D eigenvalue weighted by Gasteiger charge is 2.18. The van der Waals surface area contributed by atoms with Crippen molar-refractivity contribution in [3.05, 3.63) is 72.1 Å². The smallest absolute Gasteiger partial charge is 0.138 e. The van der Waals surface area contributed by atoms with Crippen LogP contribution in [0.1, 0.15) is 18.3 Å². The molecule has 7 heteroatoms. The van der Waals surface area contributed by atoms with Gasteiger partial charge in [-0.2, -0.15) is 15.0 Å². The normalized spacial score (nSPS) is 12.2. The number of aromatic nitrogens is 3. The van der Waals surface area contributed by atoms with Gasteiger partial charge in [0.05, 0.1) is 17.1 Å². The monoisotopic (exact) mass is 334 g/mol. The van der Waals surface area contributed by atoms with Gasteiger partial charge < -0.3 is 5.21 Å². The Labute approximate surface area is 145 Å². The molecule has 3 rings (SSSR count). The molecular weight excluding hydrogens is 316 g/mol. The number of rotatable bonds is 5. The van der Waals surface area contributed by atoms with Crippen molar-refractivity contribution >= 4 is 17.1 Å². The highest BCUT2D eigenvalue weighted by atomic mass is 16.4. The molecule has 0 fully saturated rings. The first kappa shape index (κ1) is 16.4. The number of nitrogens with zero attached hydrogens (tertiary/aromatic N) is 5. The molecule has 0 bridgehead atoms. The molecule has 2 N–H and O–H groups in total. The maximum Gasteiger partial charge on any atom is 0.138 e. The fourth-order valence-electron chi connectivity index (χ4n) is 2.26. The highest BCUT2D eigenvalue weighted by Crippen LogP contribution is 2.11. The molecule has 0 saturated carbocycles. The van der Waals surface area contributed by atoms with Crippen LogP contribution < -0.4 is 5.43 Å². The molecule has 3 aromatic rings. The summed E-state index contributed by atoms with van der Waals surface area (Å²) in [5.74, 6) is 0. The minimum Gasteiger partial charge on any atom is -0.411 e. The first-order valence-electron chi connectivity index (χ1n) is 7.76. The van der Waals surface area contributed by atoms with E-state index in [0.717, 1.165) is 11.4 Å². The predicted octanol–water partition coefficient (Wildman–Crippen LogP) is 3.24. The SMILES string of the molecule is CC(=N\O)/C(=N\Nc1ccccc1)c1nn(-c2ccccc2)nc1C. The predicted molar refractivity (Wildman–Crippen MR) is 97.6 cm³/mol. The van der Waals surface area contributed by atoms with E-state index in [2.05, 4.69) is 25.9 Å². The second kappa shape index (κ2) is 7.39. The van der Waals surface area contributed by atoms with Gasteiger partial charge in [0.25, 0.3) is 0 Å². The van der Waals surface area contributed by atoms with Crippen LogP contribution in [0.15, 0.2) is 70.9 Å². The van der Waals surface area contributed by atoms with E-state index in [1.165, 1.54) is 4.80 Å². The summed E-state index contributed by atoms with van der Waals surface area (Å²) in [6.45, 7) is 3.50. The maximum absolute atomic E-state index is 9.20. The molecule has 7 nitrogen and oxygen atoms in total. The lowest BCUT2D eigenvalue weighted by Crippen LogP contribution is -2.16. The summed E-state index contributed by atoms with van der Waals surface area (Å²) in [5, 5.41) is 25.8. The van der Waals surface area contributed by atoms with Crippen molar-refractivity contribution in [3.63, 3.8) is 0 Å². The third kappa shape index (κ3) is 3.72. The largest absolute Gasteiger partial charge is 0.411 e. The molecule has 0 aliphatic carbocycles. The fourth-order valence-corrected chi connectivity index (χ4v) is 2.26. The van der Waals surface area contributed by atoms with Gasteiger partial charge in [-0.05, 0) is 38.1 Å². The van der Waals surface area contributed by atoms with Crippen LogP contribution in [-0.2, 0) is 0 Å². The van der Waals surface area contributed by atoms with Crippen LogP contribution in [0.2, 0.25) is 0 Å². The zero-order chi connectivity index (χ0) is 17.6. The number of nitrogens with one attached hydrogen (secondary N) is 1. The molecule has 0 atom stereocenters. The lowest BCUT2D eigenvalue weighted by atomic mass is 10.1. The molecule has 1 heterocycles. The number of benzene rings is 2. The van der Waals surface area contributed by atoms with Crippen LogP contribution in [-0.4, -0.2) is 31.6 Å². The van der Waals surface area contributed by atoms with E-state index in [1.807, 2.05) is 67.6 Å². The van der Waals surface area contributed by atoms with E-state index >= 15 is 0 Å². The minimum atomic E-state index is 0.339. The number of hydrogen-bond acceptors (Lipinski definition) is 6. The lowest BCUT2D eigenvalue weighted by Gasteiger charge is -2.04. The number of para-hydroxylation sites is 2. The molecule has 0 spiro atoms. The summed E-state index contributed by atoms with van der Waals surface area (Å²) in [6, 6.07) is 19.1. The van der Waals surface area contributed by atoms with Crippen molar-refractivity contribution in [3.8, 4) is 5.69 Å². The first-order chi connectivity index (χ1) is 12.2. The molecule has 25 heavy (non-hydrogen) atoms. The Morgan fingerprint density at radius 3 is 2.28 bits per heavy atom. The Kier molecular flexibility index (Phi) is 4.84. The van der Waals surface area contributed by atoms with E-state index < -0.39 is 0 Å². The average molecular weight is 334 g/mol. The van der Waals surface area contributed by atoms with Gasteiger partial charge in [-0.15, -0.1) is 5.10 Å². The molecule has 0 aliphatic rings. The number of anilines is 1. The van der Waals surface area contributed by atoms with Gasteiger partial charge in [-0.25, -0.2) is 0 Å². The Hall–Kier alpha value is -3.48. The zero-order valence-corrected chi connectivity index (χ0v) is 14.0. The number of hydrazone groups is 1. The summed E-state index contributed by atoms with van der Waals surface area (Å²) in [7, 11) is 0. The van der Waals surface area contributed by atoms with E-state index in [4.69, 9.17) is 0 Å². The molecule has 0 amide bonds. The van der Waals surface area contributed by atoms with Crippen LogP contribution >= 0.6 is 0 Å². The summed E-state index contributed by atoms with van der Waals surface area (Å²) in [6.07, 6.45) is 0. The van der Waals surface area contributed by atoms with E-state index in [-0.39, 0.29) is 0 Å². The van der Waals surface area contributed by atoms with Gasteiger partial charge in [-0.3, -0.25) is 5.43 Å². The highest BCUT2D eigenvalue weighted by molar-refractivity contribution is 6.47. The van der Waals surface area contributed by atoms with E-state index in [0.29, 0.717) is 22.8 Å². The quantitative estimate of drug-likeness (QED) is 0.426. The molecule has 0 radical (unpaired) electrons. The minimum absolute atomic E-state index is 0.339. The third-order valence-electron chi connectivity index (χ3n) is 3.56. The third-order valence-corrected chi connectivity index (χ3v) is 3.56. The number of oxime groups is 1. The standard InChI is InChI=1S/C18H18N6O/c1-13-18(22-24(21-13)16-11-7-4-8-12-16)17(14(2)23-25)20-19-15-9-5-3-6-10-15/h3-12,19,25H,1-2H3/b20-17+,23-14+. The van der Waals surface area contributed by atoms with E-state index in [9.17, 15) is 5.21 Å². The van der Waals surface area contributed by atoms with Gasteiger partial charge in [0.2, 0.25) is 0 Å². The summed E-state index contributed by atoms with van der Waals surface area (Å²) in [4.78, 5) is 1.54. The Morgan fingerprint density at radius 1 is 1.00 bits per heavy atom. The Bertz CT molecular complexity index is 900. The van der Waals surface area contributed by atoms with Crippen LogP contribution in [0.25, 0.3) is 5.69 Å². The summed E-state index contributed by atoms with van der Waals surface area (Å²) in [5.41, 5.74) is 6.60. The second-order valence-corrected chi connectivity index (χ2v) is 5.38. The number of aryl methyl sites for hydroxylation is 1. The molecule has 0 unspecified atom stereocenters. The van der Waals surface area contributed by atoms with Crippen molar-refractivity contribution < 1.29 is 5.21 Å². The van der Waals surface area contributed by atoms with E-state index in [1.54, 1.807) is 6.92 Å². The molecule has 0 aliphatic heterocycles. The van der Waals surface area contributed by atoms with Crippen LogP contribution in [0.4, 0.5) is 5.69 Å². The Balaban J connectivity index is 1.98. The van der Waals surface area contributed by atoms with Crippen molar-refractivity contribution in [1.29, 1.82) is 0 Å². The Morgan fingerprint density at radius 2 is 1.64 bits per heavy atom. The van der Waals surface area contributed by atoms with Gasteiger partial charge >= 0.3 is 0 Å². The van der Waals surface area contributed by atoms with Gasteiger partial charge in [-0.1, -0.05) is 41.6 Å². The second-order valence-electron chi connectivity index (χ2n) is 5.38. The lowest BCUT2D eigenvalue weighted by molar-refractivity contribution is 0.320. The molecule has 126 valence electrons.